The highest BCUT2D eigenvalue weighted by molar-refractivity contribution is 5.83. The van der Waals surface area contributed by atoms with Gasteiger partial charge in [0.2, 0.25) is 0 Å². The smallest absolute Gasteiger partial charge is 0.0720 e. The lowest BCUT2D eigenvalue weighted by atomic mass is 10.1. The zero-order chi connectivity index (χ0) is 15.6. The van der Waals surface area contributed by atoms with Crippen LogP contribution in [0.1, 0.15) is 36.9 Å². The first kappa shape index (κ1) is 14.5. The van der Waals surface area contributed by atoms with Crippen molar-refractivity contribution in [2.24, 2.45) is 0 Å². The maximum absolute atomic E-state index is 6.03. The number of hydrogen-bond donors (Lipinski definition) is 1. The van der Waals surface area contributed by atoms with E-state index in [1.165, 1.54) is 36.6 Å². The normalized spacial score (nSPS) is 15.5. The summed E-state index contributed by atoms with van der Waals surface area (Å²) in [6, 6.07) is 12.9. The van der Waals surface area contributed by atoms with Gasteiger partial charge in [0.25, 0.3) is 0 Å². The molecule has 118 valence electrons. The fourth-order valence-electron chi connectivity index (χ4n) is 3.42. The van der Waals surface area contributed by atoms with Gasteiger partial charge in [-0.1, -0.05) is 31.0 Å². The predicted molar refractivity (Wildman–Crippen MR) is 93.3 cm³/mol. The number of nitrogens with one attached hydrogen (secondary N) is 1. The van der Waals surface area contributed by atoms with Gasteiger partial charge in [-0.25, -0.2) is 0 Å². The molecule has 3 aromatic rings. The Kier molecular flexibility index (Phi) is 3.88. The molecule has 1 aliphatic carbocycles. The number of pyridine rings is 1. The summed E-state index contributed by atoms with van der Waals surface area (Å²) in [5, 5.41) is 1.21. The minimum absolute atomic E-state index is 0.455. The number of nitrogens with zero attached hydrogens (tertiary/aromatic N) is 1. The summed E-state index contributed by atoms with van der Waals surface area (Å²) in [6.07, 6.45) is 7.42. The lowest BCUT2D eigenvalue weighted by Crippen LogP contribution is -2.07. The molecule has 1 aliphatic rings. The molecule has 1 saturated carbocycles. The molecule has 0 aliphatic heterocycles. The monoisotopic (exact) mass is 306 g/mol. The summed E-state index contributed by atoms with van der Waals surface area (Å²) in [5.41, 5.74) is 5.64. The number of benzene rings is 1. The molecule has 1 fully saturated rings. The van der Waals surface area contributed by atoms with Crippen LogP contribution in [0.3, 0.4) is 0 Å². The van der Waals surface area contributed by atoms with Crippen molar-refractivity contribution in [1.82, 2.24) is 9.97 Å². The molecule has 2 heterocycles. The molecule has 0 atom stereocenters. The second-order valence-electron chi connectivity index (χ2n) is 6.53. The van der Waals surface area contributed by atoms with E-state index in [4.69, 9.17) is 4.74 Å². The van der Waals surface area contributed by atoms with Gasteiger partial charge < -0.3 is 9.72 Å². The molecule has 0 amide bonds. The van der Waals surface area contributed by atoms with Crippen molar-refractivity contribution in [3.63, 3.8) is 0 Å². The average molecular weight is 306 g/mol. The Labute approximate surface area is 136 Å². The highest BCUT2D eigenvalue weighted by atomic mass is 16.5. The van der Waals surface area contributed by atoms with Gasteiger partial charge in [-0.2, -0.15) is 0 Å². The number of H-pyrrole nitrogens is 1. The first-order valence-corrected chi connectivity index (χ1v) is 8.44. The largest absolute Gasteiger partial charge is 0.374 e. The number of aryl methyl sites for hydroxylation is 1. The second kappa shape index (κ2) is 6.17. The molecule has 0 saturated heterocycles. The van der Waals surface area contributed by atoms with Crippen LogP contribution in [0.15, 0.2) is 42.6 Å². The Hall–Kier alpha value is -2.13. The summed E-state index contributed by atoms with van der Waals surface area (Å²) in [7, 11) is 0. The van der Waals surface area contributed by atoms with Crippen molar-refractivity contribution in [3.8, 4) is 11.3 Å². The Morgan fingerprint density at radius 3 is 2.91 bits per heavy atom. The Morgan fingerprint density at radius 1 is 1.17 bits per heavy atom. The molecule has 1 aromatic carbocycles. The van der Waals surface area contributed by atoms with Gasteiger partial charge in [0, 0.05) is 16.6 Å². The van der Waals surface area contributed by atoms with Gasteiger partial charge in [-0.05, 0) is 43.5 Å². The Balaban J connectivity index is 1.56. The molecule has 1 N–H and O–H groups in total. The molecule has 3 heteroatoms. The third-order valence-electron chi connectivity index (χ3n) is 4.65. The number of hydrogen-bond acceptors (Lipinski definition) is 2. The van der Waals surface area contributed by atoms with Crippen LogP contribution < -0.4 is 0 Å². The molecule has 3 nitrogen and oxygen atoms in total. The van der Waals surface area contributed by atoms with Crippen LogP contribution in [0.2, 0.25) is 0 Å². The SMILES string of the molecule is Cc1cc2cc(-c3cccc(COC4CCCC4)c3)ncc2[nH]1. The minimum atomic E-state index is 0.455. The van der Waals surface area contributed by atoms with Crippen LogP contribution >= 0.6 is 0 Å². The van der Waals surface area contributed by atoms with Crippen LogP contribution in [0.25, 0.3) is 22.2 Å². The zero-order valence-corrected chi connectivity index (χ0v) is 13.5. The maximum Gasteiger partial charge on any atom is 0.0720 e. The zero-order valence-electron chi connectivity index (χ0n) is 13.5. The standard InChI is InChI=1S/C20H22N2O/c1-14-9-17-11-19(21-12-20(17)22-14)16-6-4-5-15(10-16)13-23-18-7-2-3-8-18/h4-6,9-12,18,22H,2-3,7-8,13H2,1H3. The molecule has 0 unspecified atom stereocenters. The maximum atomic E-state index is 6.03. The Bertz CT molecular complexity index is 815. The van der Waals surface area contributed by atoms with E-state index in [0.717, 1.165) is 22.5 Å². The summed E-state index contributed by atoms with van der Waals surface area (Å²) in [4.78, 5) is 7.91. The second-order valence-corrected chi connectivity index (χ2v) is 6.53. The summed E-state index contributed by atoms with van der Waals surface area (Å²) in [6.45, 7) is 2.77. The van der Waals surface area contributed by atoms with Gasteiger partial charge in [0.15, 0.2) is 0 Å². The molecular formula is C20H22N2O. The lowest BCUT2D eigenvalue weighted by molar-refractivity contribution is 0.0457. The van der Waals surface area contributed by atoms with Gasteiger partial charge in [0.1, 0.15) is 0 Å². The molecule has 2 aromatic heterocycles. The lowest BCUT2D eigenvalue weighted by Gasteiger charge is -2.11. The number of aromatic amines is 1. The Morgan fingerprint density at radius 2 is 2.04 bits per heavy atom. The van der Waals surface area contributed by atoms with E-state index < -0.39 is 0 Å². The first-order chi connectivity index (χ1) is 11.3. The van der Waals surface area contributed by atoms with E-state index in [-0.39, 0.29) is 0 Å². The third kappa shape index (κ3) is 3.15. The van der Waals surface area contributed by atoms with Crippen LogP contribution in [0.5, 0.6) is 0 Å². The molecule has 0 bridgehead atoms. The van der Waals surface area contributed by atoms with Crippen molar-refractivity contribution < 1.29 is 4.74 Å². The number of fused-ring (bicyclic) bond motifs is 1. The fourth-order valence-corrected chi connectivity index (χ4v) is 3.42. The highest BCUT2D eigenvalue weighted by Crippen LogP contribution is 2.25. The van der Waals surface area contributed by atoms with Gasteiger partial charge in [-0.15, -0.1) is 0 Å². The van der Waals surface area contributed by atoms with Crippen LogP contribution in [-0.4, -0.2) is 16.1 Å². The van der Waals surface area contributed by atoms with E-state index >= 15 is 0 Å². The van der Waals surface area contributed by atoms with Gasteiger partial charge >= 0.3 is 0 Å². The van der Waals surface area contributed by atoms with Crippen molar-refractivity contribution >= 4 is 10.9 Å². The quantitative estimate of drug-likeness (QED) is 0.736. The van der Waals surface area contributed by atoms with Crippen molar-refractivity contribution in [1.29, 1.82) is 0 Å². The van der Waals surface area contributed by atoms with Crippen molar-refractivity contribution in [2.45, 2.75) is 45.3 Å². The summed E-state index contributed by atoms with van der Waals surface area (Å²) < 4.78 is 6.03. The molecule has 0 radical (unpaired) electrons. The number of aromatic nitrogens is 2. The van der Waals surface area contributed by atoms with Crippen molar-refractivity contribution in [3.05, 3.63) is 53.9 Å². The molecular weight excluding hydrogens is 284 g/mol. The third-order valence-corrected chi connectivity index (χ3v) is 4.65. The van der Waals surface area contributed by atoms with Crippen LogP contribution in [-0.2, 0) is 11.3 Å². The summed E-state index contributed by atoms with van der Waals surface area (Å²) >= 11 is 0. The topological polar surface area (TPSA) is 37.9 Å². The van der Waals surface area contributed by atoms with Gasteiger partial charge in [-0.3, -0.25) is 4.98 Å². The molecule has 0 spiro atoms. The average Bonchev–Trinajstić information content (AvgIpc) is 3.20. The number of ether oxygens (including phenoxy) is 1. The predicted octanol–water partition coefficient (Wildman–Crippen LogP) is 5.00. The molecule has 23 heavy (non-hydrogen) atoms. The highest BCUT2D eigenvalue weighted by Gasteiger charge is 2.15. The van der Waals surface area contributed by atoms with E-state index in [1.54, 1.807) is 0 Å². The van der Waals surface area contributed by atoms with Crippen LogP contribution in [0, 0.1) is 6.92 Å². The molecule has 4 rings (SSSR count). The minimum Gasteiger partial charge on any atom is -0.374 e. The van der Waals surface area contributed by atoms with E-state index in [0.29, 0.717) is 12.7 Å². The fraction of sp³-hybridized carbons (Fsp3) is 0.350. The van der Waals surface area contributed by atoms with Crippen molar-refractivity contribution in [2.75, 3.05) is 0 Å². The van der Waals surface area contributed by atoms with Crippen LogP contribution in [0.4, 0.5) is 0 Å². The number of rotatable bonds is 4. The van der Waals surface area contributed by atoms with E-state index in [2.05, 4.69) is 53.3 Å². The first-order valence-electron chi connectivity index (χ1n) is 8.44. The van der Waals surface area contributed by atoms with E-state index in [9.17, 15) is 0 Å². The van der Waals surface area contributed by atoms with Gasteiger partial charge in [0.05, 0.1) is 30.1 Å². The summed E-state index contributed by atoms with van der Waals surface area (Å²) in [5.74, 6) is 0. The van der Waals surface area contributed by atoms with E-state index in [1.807, 2.05) is 6.20 Å².